The number of carbonyl (C=O) groups is 1. The summed E-state index contributed by atoms with van der Waals surface area (Å²) in [4.78, 5) is 10.8. The Morgan fingerprint density at radius 3 is 2.44 bits per heavy atom. The Balaban J connectivity index is 2.48. The van der Waals surface area contributed by atoms with Crippen molar-refractivity contribution in [3.8, 4) is 5.75 Å². The first-order chi connectivity index (χ1) is 7.61. The lowest BCUT2D eigenvalue weighted by Crippen LogP contribution is -2.22. The number of hydrogen-bond acceptors (Lipinski definition) is 3. The molecule has 0 atom stereocenters. The molecule has 0 saturated carbocycles. The summed E-state index contributed by atoms with van der Waals surface area (Å²) in [5, 5.41) is 2.61. The summed E-state index contributed by atoms with van der Waals surface area (Å²) >= 11 is 0. The van der Waals surface area contributed by atoms with E-state index >= 15 is 0 Å². The number of ether oxygens (including phenoxy) is 2. The zero-order valence-electron chi connectivity index (χ0n) is 9.82. The summed E-state index contributed by atoms with van der Waals surface area (Å²) in [5.41, 5.74) is 1.00. The Hall–Kier alpha value is -1.71. The van der Waals surface area contributed by atoms with Gasteiger partial charge in [0.2, 0.25) is 0 Å². The van der Waals surface area contributed by atoms with Crippen molar-refractivity contribution < 1.29 is 14.3 Å². The Labute approximate surface area is 95.6 Å². The van der Waals surface area contributed by atoms with E-state index in [1.54, 1.807) is 0 Å². The quantitative estimate of drug-likeness (QED) is 0.852. The van der Waals surface area contributed by atoms with Crippen LogP contribution in [-0.4, -0.2) is 19.3 Å². The Morgan fingerprint density at radius 1 is 1.31 bits per heavy atom. The van der Waals surface area contributed by atoms with Gasteiger partial charge in [-0.25, -0.2) is 4.79 Å². The summed E-state index contributed by atoms with van der Waals surface area (Å²) in [6.45, 7) is 4.41. The minimum Gasteiger partial charge on any atom is -0.491 e. The van der Waals surface area contributed by atoms with Crippen molar-refractivity contribution in [2.45, 2.75) is 26.5 Å². The van der Waals surface area contributed by atoms with Crippen molar-refractivity contribution in [1.82, 2.24) is 5.32 Å². The van der Waals surface area contributed by atoms with Crippen LogP contribution in [0.4, 0.5) is 4.79 Å². The van der Waals surface area contributed by atoms with Gasteiger partial charge in [-0.05, 0) is 31.5 Å². The second-order valence-electron chi connectivity index (χ2n) is 3.66. The average molecular weight is 223 g/mol. The van der Waals surface area contributed by atoms with Gasteiger partial charge in [0.1, 0.15) is 5.75 Å². The highest BCUT2D eigenvalue weighted by molar-refractivity contribution is 5.66. The van der Waals surface area contributed by atoms with Crippen LogP contribution in [0.2, 0.25) is 0 Å². The molecule has 1 N–H and O–H groups in total. The van der Waals surface area contributed by atoms with Crippen LogP contribution < -0.4 is 10.1 Å². The molecule has 0 fully saturated rings. The molecule has 0 aromatic heterocycles. The molecular weight excluding hydrogens is 206 g/mol. The Kier molecular flexibility index (Phi) is 4.64. The summed E-state index contributed by atoms with van der Waals surface area (Å²) in [6.07, 6.45) is -0.262. The van der Waals surface area contributed by atoms with Gasteiger partial charge >= 0.3 is 6.09 Å². The van der Waals surface area contributed by atoms with Crippen molar-refractivity contribution in [2.75, 3.05) is 7.11 Å². The van der Waals surface area contributed by atoms with Crippen LogP contribution in [0, 0.1) is 0 Å². The van der Waals surface area contributed by atoms with Crippen LogP contribution in [-0.2, 0) is 11.3 Å². The third-order valence-electron chi connectivity index (χ3n) is 1.92. The van der Waals surface area contributed by atoms with Crippen LogP contribution >= 0.6 is 0 Å². The number of benzene rings is 1. The number of alkyl carbamates (subject to hydrolysis) is 1. The normalized spacial score (nSPS) is 10.0. The third-order valence-corrected chi connectivity index (χ3v) is 1.92. The summed E-state index contributed by atoms with van der Waals surface area (Å²) in [7, 11) is 1.34. The SMILES string of the molecule is COC(=O)NCc1ccc(OC(C)C)cc1. The van der Waals surface area contributed by atoms with E-state index in [1.165, 1.54) is 7.11 Å². The fourth-order valence-electron chi connectivity index (χ4n) is 1.20. The largest absolute Gasteiger partial charge is 0.491 e. The minimum atomic E-state index is -0.428. The first-order valence-electron chi connectivity index (χ1n) is 5.19. The molecule has 4 heteroatoms. The van der Waals surface area contributed by atoms with Gasteiger partial charge in [-0.15, -0.1) is 0 Å². The molecule has 16 heavy (non-hydrogen) atoms. The maximum Gasteiger partial charge on any atom is 0.407 e. The maximum atomic E-state index is 10.8. The molecule has 0 spiro atoms. The molecule has 0 saturated heterocycles. The summed E-state index contributed by atoms with van der Waals surface area (Å²) < 4.78 is 9.98. The molecule has 88 valence electrons. The highest BCUT2D eigenvalue weighted by Crippen LogP contribution is 2.13. The van der Waals surface area contributed by atoms with E-state index in [1.807, 2.05) is 38.1 Å². The maximum absolute atomic E-state index is 10.8. The summed E-state index contributed by atoms with van der Waals surface area (Å²) in [5.74, 6) is 0.830. The van der Waals surface area contributed by atoms with E-state index in [-0.39, 0.29) is 6.10 Å². The van der Waals surface area contributed by atoms with Crippen molar-refractivity contribution in [1.29, 1.82) is 0 Å². The van der Waals surface area contributed by atoms with Gasteiger partial charge in [0.25, 0.3) is 0 Å². The predicted octanol–water partition coefficient (Wildman–Crippen LogP) is 2.33. The molecule has 0 aliphatic rings. The lowest BCUT2D eigenvalue weighted by Gasteiger charge is -2.10. The van der Waals surface area contributed by atoms with Gasteiger partial charge in [0, 0.05) is 6.54 Å². The van der Waals surface area contributed by atoms with Crippen molar-refractivity contribution in [3.63, 3.8) is 0 Å². The highest BCUT2D eigenvalue weighted by Gasteiger charge is 2.00. The van der Waals surface area contributed by atoms with Crippen LogP contribution in [0.5, 0.6) is 5.75 Å². The molecule has 1 rings (SSSR count). The standard InChI is InChI=1S/C12H17NO3/c1-9(2)16-11-6-4-10(5-7-11)8-13-12(14)15-3/h4-7,9H,8H2,1-3H3,(H,13,14). The van der Waals surface area contributed by atoms with Crippen LogP contribution in [0.1, 0.15) is 19.4 Å². The number of carbonyl (C=O) groups excluding carboxylic acids is 1. The van der Waals surface area contributed by atoms with Gasteiger partial charge in [-0.2, -0.15) is 0 Å². The monoisotopic (exact) mass is 223 g/mol. The molecule has 4 nitrogen and oxygen atoms in total. The average Bonchev–Trinajstić information content (AvgIpc) is 2.27. The van der Waals surface area contributed by atoms with Gasteiger partial charge in [-0.3, -0.25) is 0 Å². The summed E-state index contributed by atoms with van der Waals surface area (Å²) in [6, 6.07) is 7.59. The van der Waals surface area contributed by atoms with E-state index in [4.69, 9.17) is 4.74 Å². The van der Waals surface area contributed by atoms with Gasteiger partial charge in [-0.1, -0.05) is 12.1 Å². The van der Waals surface area contributed by atoms with Crippen LogP contribution in [0.25, 0.3) is 0 Å². The number of methoxy groups -OCH3 is 1. The highest BCUT2D eigenvalue weighted by atomic mass is 16.5. The lowest BCUT2D eigenvalue weighted by molar-refractivity contribution is 0.170. The van der Waals surface area contributed by atoms with E-state index in [9.17, 15) is 4.79 Å². The first kappa shape index (κ1) is 12.4. The third kappa shape index (κ3) is 4.21. The van der Waals surface area contributed by atoms with Gasteiger partial charge in [0.05, 0.1) is 13.2 Å². The second-order valence-corrected chi connectivity index (χ2v) is 3.66. The van der Waals surface area contributed by atoms with Crippen LogP contribution in [0.15, 0.2) is 24.3 Å². The van der Waals surface area contributed by atoms with Gasteiger partial charge < -0.3 is 14.8 Å². The second kappa shape index (κ2) is 6.00. The fraction of sp³-hybridized carbons (Fsp3) is 0.417. The van der Waals surface area contributed by atoms with E-state index in [2.05, 4.69) is 10.1 Å². The topological polar surface area (TPSA) is 47.6 Å². The molecule has 0 aliphatic carbocycles. The minimum absolute atomic E-state index is 0.166. The Morgan fingerprint density at radius 2 is 1.94 bits per heavy atom. The van der Waals surface area contributed by atoms with E-state index in [0.717, 1.165) is 11.3 Å². The molecule has 0 radical (unpaired) electrons. The number of rotatable bonds is 4. The zero-order valence-corrected chi connectivity index (χ0v) is 9.82. The molecule has 1 aromatic carbocycles. The van der Waals surface area contributed by atoms with Crippen molar-refractivity contribution >= 4 is 6.09 Å². The Bertz CT molecular complexity index is 333. The molecule has 1 amide bonds. The number of amides is 1. The molecule has 0 heterocycles. The van der Waals surface area contributed by atoms with Crippen molar-refractivity contribution in [3.05, 3.63) is 29.8 Å². The molecular formula is C12H17NO3. The number of hydrogen-bond donors (Lipinski definition) is 1. The van der Waals surface area contributed by atoms with Gasteiger partial charge in [0.15, 0.2) is 0 Å². The smallest absolute Gasteiger partial charge is 0.407 e. The first-order valence-corrected chi connectivity index (χ1v) is 5.19. The number of nitrogens with one attached hydrogen (secondary N) is 1. The zero-order chi connectivity index (χ0) is 12.0. The van der Waals surface area contributed by atoms with E-state index < -0.39 is 6.09 Å². The molecule has 0 bridgehead atoms. The lowest BCUT2D eigenvalue weighted by atomic mass is 10.2. The van der Waals surface area contributed by atoms with E-state index in [0.29, 0.717) is 6.54 Å². The van der Waals surface area contributed by atoms with Crippen molar-refractivity contribution in [2.24, 2.45) is 0 Å². The fourth-order valence-corrected chi connectivity index (χ4v) is 1.20. The molecule has 0 unspecified atom stereocenters. The van der Waals surface area contributed by atoms with Crippen LogP contribution in [0.3, 0.4) is 0 Å². The predicted molar refractivity (Wildman–Crippen MR) is 61.5 cm³/mol. The molecule has 1 aromatic rings. The molecule has 0 aliphatic heterocycles.